The van der Waals surface area contributed by atoms with Crippen molar-refractivity contribution < 1.29 is 8.60 Å². The average Bonchev–Trinajstić information content (AvgIpc) is 2.46. The number of rotatable bonds is 5. The maximum absolute atomic E-state index is 13.2. The summed E-state index contributed by atoms with van der Waals surface area (Å²) < 4.78 is 24.5. The maximum atomic E-state index is 13.2. The number of halogens is 1. The van der Waals surface area contributed by atoms with E-state index < -0.39 is 16.6 Å². The highest BCUT2D eigenvalue weighted by molar-refractivity contribution is 7.83. The molecule has 0 bridgehead atoms. The van der Waals surface area contributed by atoms with Crippen molar-refractivity contribution in [2.24, 2.45) is 0 Å². The first-order valence-electron chi connectivity index (χ1n) is 6.40. The van der Waals surface area contributed by atoms with Crippen molar-refractivity contribution in [1.82, 2.24) is 0 Å². The number of hydrogen-bond acceptors (Lipinski definition) is 3. The summed E-state index contributed by atoms with van der Waals surface area (Å²) in [4.78, 5) is 0. The van der Waals surface area contributed by atoms with Crippen molar-refractivity contribution in [3.8, 4) is 6.07 Å². The SMILES string of the molecule is CS(=O)Cc1cccc(NCc2ccc(F)c(C#N)c2)c1. The zero-order chi connectivity index (χ0) is 15.2. The summed E-state index contributed by atoms with van der Waals surface area (Å²) in [5, 5.41) is 12.0. The third kappa shape index (κ3) is 4.40. The van der Waals surface area contributed by atoms with Crippen molar-refractivity contribution in [3.63, 3.8) is 0 Å². The van der Waals surface area contributed by atoms with Gasteiger partial charge in [-0.05, 0) is 35.4 Å². The van der Waals surface area contributed by atoms with Gasteiger partial charge in [0.1, 0.15) is 11.9 Å². The van der Waals surface area contributed by atoms with E-state index in [9.17, 15) is 8.60 Å². The lowest BCUT2D eigenvalue weighted by molar-refractivity contribution is 0.623. The minimum atomic E-state index is -0.877. The first-order valence-corrected chi connectivity index (χ1v) is 8.12. The Bertz CT molecular complexity index is 710. The highest BCUT2D eigenvalue weighted by Crippen LogP contribution is 2.15. The lowest BCUT2D eigenvalue weighted by atomic mass is 10.1. The summed E-state index contributed by atoms with van der Waals surface area (Å²) in [5.74, 6) is 0.0126. The van der Waals surface area contributed by atoms with Crippen LogP contribution in [0.15, 0.2) is 42.5 Å². The van der Waals surface area contributed by atoms with Gasteiger partial charge >= 0.3 is 0 Å². The Labute approximate surface area is 125 Å². The minimum Gasteiger partial charge on any atom is -0.381 e. The first-order chi connectivity index (χ1) is 10.1. The Morgan fingerprint density at radius 3 is 2.76 bits per heavy atom. The van der Waals surface area contributed by atoms with Gasteiger partial charge in [0.05, 0.1) is 5.56 Å². The van der Waals surface area contributed by atoms with Crippen molar-refractivity contribution in [2.75, 3.05) is 11.6 Å². The predicted molar refractivity (Wildman–Crippen MR) is 82.7 cm³/mol. The van der Waals surface area contributed by atoms with Gasteiger partial charge in [0, 0.05) is 35.0 Å². The van der Waals surface area contributed by atoms with E-state index in [1.165, 1.54) is 12.1 Å². The largest absolute Gasteiger partial charge is 0.381 e. The molecule has 5 heteroatoms. The molecule has 108 valence electrons. The monoisotopic (exact) mass is 302 g/mol. The number of hydrogen-bond donors (Lipinski definition) is 1. The highest BCUT2D eigenvalue weighted by Gasteiger charge is 2.03. The van der Waals surface area contributed by atoms with Crippen LogP contribution in [0.25, 0.3) is 0 Å². The van der Waals surface area contributed by atoms with Crippen LogP contribution in [0.2, 0.25) is 0 Å². The van der Waals surface area contributed by atoms with E-state index in [4.69, 9.17) is 5.26 Å². The second-order valence-corrected chi connectivity index (χ2v) is 6.13. The lowest BCUT2D eigenvalue weighted by Crippen LogP contribution is -2.01. The minimum absolute atomic E-state index is 0.0458. The predicted octanol–water partition coefficient (Wildman–Crippen LogP) is 3.19. The summed E-state index contributed by atoms with van der Waals surface area (Å²) >= 11 is 0. The fraction of sp³-hybridized carbons (Fsp3) is 0.188. The van der Waals surface area contributed by atoms with Crippen LogP contribution < -0.4 is 5.32 Å². The van der Waals surface area contributed by atoms with Crippen LogP contribution in [0.5, 0.6) is 0 Å². The summed E-state index contributed by atoms with van der Waals surface area (Å²) in [7, 11) is -0.877. The van der Waals surface area contributed by atoms with Crippen molar-refractivity contribution in [1.29, 1.82) is 5.26 Å². The second-order valence-electron chi connectivity index (χ2n) is 4.70. The molecule has 0 saturated carbocycles. The average molecular weight is 302 g/mol. The number of nitriles is 1. The highest BCUT2D eigenvalue weighted by atomic mass is 32.2. The Kier molecular flexibility index (Phi) is 5.07. The molecule has 0 spiro atoms. The molecule has 21 heavy (non-hydrogen) atoms. The van der Waals surface area contributed by atoms with Crippen LogP contribution in [-0.2, 0) is 23.1 Å². The van der Waals surface area contributed by atoms with Gasteiger partial charge in [0.15, 0.2) is 0 Å². The Hall–Kier alpha value is -2.19. The molecule has 0 aliphatic rings. The van der Waals surface area contributed by atoms with Crippen LogP contribution >= 0.6 is 0 Å². The summed E-state index contributed by atoms with van der Waals surface area (Å²) in [6, 6.07) is 14.0. The lowest BCUT2D eigenvalue weighted by Gasteiger charge is -2.08. The third-order valence-electron chi connectivity index (χ3n) is 2.94. The number of anilines is 1. The first kappa shape index (κ1) is 15.2. The van der Waals surface area contributed by atoms with E-state index in [0.29, 0.717) is 12.3 Å². The van der Waals surface area contributed by atoms with Gasteiger partial charge in [-0.1, -0.05) is 18.2 Å². The molecule has 0 saturated heterocycles. The molecule has 0 radical (unpaired) electrons. The van der Waals surface area contributed by atoms with Gasteiger partial charge in [-0.2, -0.15) is 5.26 Å². The Morgan fingerprint density at radius 1 is 1.24 bits per heavy atom. The topological polar surface area (TPSA) is 52.9 Å². The molecule has 1 N–H and O–H groups in total. The van der Waals surface area contributed by atoms with E-state index in [1.807, 2.05) is 30.3 Å². The zero-order valence-corrected chi connectivity index (χ0v) is 12.4. The van der Waals surface area contributed by atoms with Gasteiger partial charge in [0.25, 0.3) is 0 Å². The molecule has 0 heterocycles. The number of nitrogens with one attached hydrogen (secondary N) is 1. The van der Waals surface area contributed by atoms with Crippen LogP contribution in [0.3, 0.4) is 0 Å². The molecule has 2 aromatic carbocycles. The fourth-order valence-corrected chi connectivity index (χ4v) is 2.63. The third-order valence-corrected chi connectivity index (χ3v) is 3.68. The molecule has 0 aromatic heterocycles. The van der Waals surface area contributed by atoms with Crippen LogP contribution in [0.4, 0.5) is 10.1 Å². The smallest absolute Gasteiger partial charge is 0.140 e. The summed E-state index contributed by atoms with van der Waals surface area (Å²) in [6.45, 7) is 0.494. The van der Waals surface area contributed by atoms with Gasteiger partial charge < -0.3 is 5.32 Å². The van der Waals surface area contributed by atoms with Crippen LogP contribution in [-0.4, -0.2) is 10.5 Å². The molecule has 0 fully saturated rings. The molecule has 0 amide bonds. The molecule has 3 nitrogen and oxygen atoms in total. The maximum Gasteiger partial charge on any atom is 0.140 e. The molecule has 0 aliphatic carbocycles. The molecular weight excluding hydrogens is 287 g/mol. The molecular formula is C16H15FN2OS. The fourth-order valence-electron chi connectivity index (χ4n) is 1.98. The molecule has 2 aromatic rings. The van der Waals surface area contributed by atoms with E-state index in [0.717, 1.165) is 16.8 Å². The Morgan fingerprint density at radius 2 is 2.05 bits per heavy atom. The number of nitrogens with zero attached hydrogens (tertiary/aromatic N) is 1. The number of benzene rings is 2. The summed E-state index contributed by atoms with van der Waals surface area (Å²) in [6.07, 6.45) is 1.67. The molecule has 2 rings (SSSR count). The van der Waals surface area contributed by atoms with Crippen molar-refractivity contribution >= 4 is 16.5 Å². The Balaban J connectivity index is 2.06. The van der Waals surface area contributed by atoms with Gasteiger partial charge in [0.2, 0.25) is 0 Å². The normalized spacial score (nSPS) is 11.7. The van der Waals surface area contributed by atoms with E-state index in [2.05, 4.69) is 5.32 Å². The molecule has 1 atom stereocenters. The molecule has 0 aliphatic heterocycles. The zero-order valence-electron chi connectivity index (χ0n) is 11.6. The van der Waals surface area contributed by atoms with Crippen molar-refractivity contribution in [3.05, 3.63) is 65.0 Å². The van der Waals surface area contributed by atoms with Gasteiger partial charge in [-0.25, -0.2) is 4.39 Å². The van der Waals surface area contributed by atoms with E-state index in [-0.39, 0.29) is 5.56 Å². The van der Waals surface area contributed by atoms with Gasteiger partial charge in [-0.15, -0.1) is 0 Å². The standard InChI is InChI=1S/C16H15FN2OS/c1-21(20)11-13-3-2-4-15(8-13)19-10-12-5-6-16(17)14(7-12)9-18/h2-8,19H,10-11H2,1H3. The second kappa shape index (κ2) is 7.00. The molecule has 1 unspecified atom stereocenters. The van der Waals surface area contributed by atoms with Crippen LogP contribution in [0.1, 0.15) is 16.7 Å². The van der Waals surface area contributed by atoms with Crippen LogP contribution in [0, 0.1) is 17.1 Å². The summed E-state index contributed by atoms with van der Waals surface area (Å²) in [5.41, 5.74) is 2.78. The quantitative estimate of drug-likeness (QED) is 0.923. The van der Waals surface area contributed by atoms with E-state index in [1.54, 1.807) is 12.3 Å². The van der Waals surface area contributed by atoms with Gasteiger partial charge in [-0.3, -0.25) is 4.21 Å². The van der Waals surface area contributed by atoms with Crippen molar-refractivity contribution in [2.45, 2.75) is 12.3 Å². The van der Waals surface area contributed by atoms with E-state index >= 15 is 0 Å².